The summed E-state index contributed by atoms with van der Waals surface area (Å²) in [4.78, 5) is 11.7. The number of rotatable bonds is 5. The van der Waals surface area contributed by atoms with Crippen molar-refractivity contribution < 1.29 is 14.3 Å². The van der Waals surface area contributed by atoms with E-state index in [1.807, 2.05) is 6.92 Å². The second-order valence-corrected chi connectivity index (χ2v) is 5.04. The molecule has 1 saturated heterocycles. The van der Waals surface area contributed by atoms with Gasteiger partial charge < -0.3 is 20.5 Å². The smallest absolute Gasteiger partial charge is 0.258 e. The molecule has 1 aromatic carbocycles. The number of nitrogen functional groups attached to an aromatic ring is 1. The molecule has 1 amide bonds. The third kappa shape index (κ3) is 4.13. The molecule has 1 atom stereocenters. The van der Waals surface area contributed by atoms with Gasteiger partial charge in [-0.3, -0.25) is 4.79 Å². The highest BCUT2D eigenvalue weighted by Crippen LogP contribution is 2.23. The number of hydrogen-bond acceptors (Lipinski definition) is 4. The fourth-order valence-corrected chi connectivity index (χ4v) is 2.03. The van der Waals surface area contributed by atoms with Gasteiger partial charge in [-0.05, 0) is 44.0 Å². The molecule has 1 unspecified atom stereocenters. The van der Waals surface area contributed by atoms with Crippen LogP contribution in [-0.4, -0.2) is 31.3 Å². The monoisotopic (exact) mass is 264 g/mol. The summed E-state index contributed by atoms with van der Waals surface area (Å²) in [5.74, 6) is 0.487. The molecule has 1 aromatic rings. The van der Waals surface area contributed by atoms with E-state index in [9.17, 15) is 4.79 Å². The minimum absolute atomic E-state index is 0.00000189. The van der Waals surface area contributed by atoms with Crippen LogP contribution in [0.25, 0.3) is 0 Å². The van der Waals surface area contributed by atoms with Crippen LogP contribution in [0.3, 0.4) is 0 Å². The summed E-state index contributed by atoms with van der Waals surface area (Å²) in [5.41, 5.74) is 6.01. The Hall–Kier alpha value is -1.75. The number of anilines is 1. The number of nitrogens with one attached hydrogen (secondary N) is 1. The topological polar surface area (TPSA) is 73.6 Å². The molecule has 0 bridgehead atoms. The van der Waals surface area contributed by atoms with Crippen LogP contribution >= 0.6 is 0 Å². The van der Waals surface area contributed by atoms with Crippen LogP contribution in [-0.2, 0) is 9.53 Å². The predicted molar refractivity (Wildman–Crippen MR) is 73.0 cm³/mol. The summed E-state index contributed by atoms with van der Waals surface area (Å²) >= 11 is 0. The van der Waals surface area contributed by atoms with Crippen LogP contribution in [0.15, 0.2) is 24.3 Å². The molecule has 5 heteroatoms. The van der Waals surface area contributed by atoms with Crippen molar-refractivity contribution in [3.05, 3.63) is 24.3 Å². The van der Waals surface area contributed by atoms with Crippen LogP contribution in [0.4, 0.5) is 5.69 Å². The van der Waals surface area contributed by atoms with Crippen molar-refractivity contribution in [2.24, 2.45) is 0 Å². The van der Waals surface area contributed by atoms with E-state index in [0.29, 0.717) is 18.0 Å². The first-order valence-electron chi connectivity index (χ1n) is 6.46. The third-order valence-electron chi connectivity index (χ3n) is 3.21. The number of benzene rings is 1. The summed E-state index contributed by atoms with van der Waals surface area (Å²) < 4.78 is 11.0. The molecule has 0 spiro atoms. The van der Waals surface area contributed by atoms with Gasteiger partial charge in [0.25, 0.3) is 5.91 Å². The summed E-state index contributed by atoms with van der Waals surface area (Å²) in [6.45, 7) is 3.31. The lowest BCUT2D eigenvalue weighted by Gasteiger charge is -2.23. The van der Waals surface area contributed by atoms with E-state index in [-0.39, 0.29) is 18.1 Å². The van der Waals surface area contributed by atoms with E-state index in [1.54, 1.807) is 24.3 Å². The molecule has 19 heavy (non-hydrogen) atoms. The third-order valence-corrected chi connectivity index (χ3v) is 3.21. The Kier molecular flexibility index (Phi) is 4.27. The first-order chi connectivity index (χ1) is 9.07. The number of nitrogens with two attached hydrogens (primary N) is 1. The number of hydrogen-bond donors (Lipinski definition) is 2. The Morgan fingerprint density at radius 2 is 2.21 bits per heavy atom. The molecule has 1 aliphatic rings. The van der Waals surface area contributed by atoms with Crippen LogP contribution in [0.5, 0.6) is 5.75 Å². The molecule has 1 heterocycles. The number of ether oxygens (including phenoxy) is 2. The van der Waals surface area contributed by atoms with E-state index in [4.69, 9.17) is 15.2 Å². The van der Waals surface area contributed by atoms with Gasteiger partial charge in [-0.25, -0.2) is 0 Å². The Morgan fingerprint density at radius 3 is 2.84 bits per heavy atom. The predicted octanol–water partition coefficient (Wildman–Crippen LogP) is 1.33. The van der Waals surface area contributed by atoms with Crippen LogP contribution in [0.2, 0.25) is 0 Å². The average molecular weight is 264 g/mol. The standard InChI is InChI=1S/C14H20N2O3/c1-14(7-2-8-19-14)10-16-13(17)9-18-12-5-3-11(15)4-6-12/h3-6H,2,7-10,15H2,1H3,(H,16,17). The van der Waals surface area contributed by atoms with E-state index >= 15 is 0 Å². The quantitative estimate of drug-likeness (QED) is 0.787. The van der Waals surface area contributed by atoms with Crippen molar-refractivity contribution in [3.63, 3.8) is 0 Å². The van der Waals surface area contributed by atoms with E-state index in [1.165, 1.54) is 0 Å². The highest BCUT2D eigenvalue weighted by molar-refractivity contribution is 5.77. The van der Waals surface area contributed by atoms with Crippen molar-refractivity contribution in [1.82, 2.24) is 5.32 Å². The normalized spacial score (nSPS) is 22.2. The molecule has 1 fully saturated rings. The zero-order valence-electron chi connectivity index (χ0n) is 11.1. The molecule has 1 aliphatic heterocycles. The second kappa shape index (κ2) is 5.93. The maximum Gasteiger partial charge on any atom is 0.258 e. The fraction of sp³-hybridized carbons (Fsp3) is 0.500. The van der Waals surface area contributed by atoms with E-state index < -0.39 is 0 Å². The van der Waals surface area contributed by atoms with Crippen molar-refractivity contribution in [1.29, 1.82) is 0 Å². The maximum absolute atomic E-state index is 11.7. The average Bonchev–Trinajstić information content (AvgIpc) is 2.83. The largest absolute Gasteiger partial charge is 0.484 e. The van der Waals surface area contributed by atoms with Gasteiger partial charge in [-0.1, -0.05) is 0 Å². The molecule has 3 N–H and O–H groups in total. The Balaban J connectivity index is 1.71. The summed E-state index contributed by atoms with van der Waals surface area (Å²) in [5, 5.41) is 2.83. The zero-order chi connectivity index (χ0) is 13.7. The van der Waals surface area contributed by atoms with Gasteiger partial charge >= 0.3 is 0 Å². The second-order valence-electron chi connectivity index (χ2n) is 5.04. The summed E-state index contributed by atoms with van der Waals surface area (Å²) in [7, 11) is 0. The van der Waals surface area contributed by atoms with Crippen molar-refractivity contribution in [2.45, 2.75) is 25.4 Å². The molecule has 0 radical (unpaired) electrons. The van der Waals surface area contributed by atoms with Gasteiger partial charge in [0.15, 0.2) is 6.61 Å². The molecule has 0 aromatic heterocycles. The van der Waals surface area contributed by atoms with E-state index in [0.717, 1.165) is 19.4 Å². The minimum Gasteiger partial charge on any atom is -0.484 e. The van der Waals surface area contributed by atoms with Crippen molar-refractivity contribution in [3.8, 4) is 5.75 Å². The maximum atomic E-state index is 11.7. The highest BCUT2D eigenvalue weighted by atomic mass is 16.5. The van der Waals surface area contributed by atoms with Gasteiger partial charge in [0, 0.05) is 18.8 Å². The van der Waals surface area contributed by atoms with Crippen molar-refractivity contribution >= 4 is 11.6 Å². The first kappa shape index (κ1) is 13.7. The Labute approximate surface area is 113 Å². The summed E-state index contributed by atoms with van der Waals surface area (Å²) in [6.07, 6.45) is 2.03. The highest BCUT2D eigenvalue weighted by Gasteiger charge is 2.29. The van der Waals surface area contributed by atoms with E-state index in [2.05, 4.69) is 5.32 Å². The lowest BCUT2D eigenvalue weighted by molar-refractivity contribution is -0.124. The lowest BCUT2D eigenvalue weighted by atomic mass is 10.0. The first-order valence-corrected chi connectivity index (χ1v) is 6.46. The molecule has 104 valence electrons. The minimum atomic E-state index is -0.225. The van der Waals surface area contributed by atoms with Crippen LogP contribution < -0.4 is 15.8 Å². The van der Waals surface area contributed by atoms with Gasteiger partial charge in [-0.15, -0.1) is 0 Å². The number of carbonyl (C=O) groups excluding carboxylic acids is 1. The lowest BCUT2D eigenvalue weighted by Crippen LogP contribution is -2.41. The van der Waals surface area contributed by atoms with Gasteiger partial charge in [0.1, 0.15) is 5.75 Å². The molecular formula is C14H20N2O3. The molecule has 2 rings (SSSR count). The van der Waals surface area contributed by atoms with Crippen LogP contribution in [0, 0.1) is 0 Å². The summed E-state index contributed by atoms with van der Waals surface area (Å²) in [6, 6.07) is 6.95. The molecule has 5 nitrogen and oxygen atoms in total. The Bertz CT molecular complexity index is 425. The number of amides is 1. The molecule has 0 saturated carbocycles. The number of carbonyl (C=O) groups is 1. The molecular weight excluding hydrogens is 244 g/mol. The zero-order valence-corrected chi connectivity index (χ0v) is 11.1. The van der Waals surface area contributed by atoms with Gasteiger partial charge in [-0.2, -0.15) is 0 Å². The van der Waals surface area contributed by atoms with Crippen LogP contribution in [0.1, 0.15) is 19.8 Å². The molecule has 0 aliphatic carbocycles. The van der Waals surface area contributed by atoms with Gasteiger partial charge in [0.2, 0.25) is 0 Å². The van der Waals surface area contributed by atoms with Gasteiger partial charge in [0.05, 0.1) is 5.60 Å². The SMILES string of the molecule is CC1(CNC(=O)COc2ccc(N)cc2)CCCO1. The van der Waals surface area contributed by atoms with Crippen molar-refractivity contribution in [2.75, 3.05) is 25.5 Å². The Morgan fingerprint density at radius 1 is 1.47 bits per heavy atom. The fourth-order valence-electron chi connectivity index (χ4n) is 2.03.